The third-order valence-corrected chi connectivity index (χ3v) is 11.8. The molecule has 274 valence electrons. The number of fused-ring (bicyclic) bond motifs is 3. The van der Waals surface area contributed by atoms with Gasteiger partial charge in [-0.3, -0.25) is 9.88 Å². The van der Waals surface area contributed by atoms with Crippen molar-refractivity contribution in [1.29, 1.82) is 0 Å². The second-order valence-corrected chi connectivity index (χ2v) is 15.4. The number of hydrogen-bond acceptors (Lipinski definition) is 9. The molecule has 4 aromatic rings. The fraction of sp³-hybridized carbons (Fsp3) is 0.513. The molecule has 2 aliphatic carbocycles. The third-order valence-electron chi connectivity index (χ3n) is 11.8. The van der Waals surface area contributed by atoms with Crippen molar-refractivity contribution in [3.63, 3.8) is 0 Å². The van der Waals surface area contributed by atoms with Gasteiger partial charge in [-0.1, -0.05) is 25.3 Å². The van der Waals surface area contributed by atoms with Crippen molar-refractivity contribution in [2.45, 2.75) is 63.5 Å². The van der Waals surface area contributed by atoms with Gasteiger partial charge in [0.1, 0.15) is 34.2 Å². The first-order chi connectivity index (χ1) is 24.8. The molecule has 0 amide bonds. The summed E-state index contributed by atoms with van der Waals surface area (Å²) in [6.45, 7) is 5.41. The first-order valence-electron chi connectivity index (χ1n) is 17.9. The lowest BCUT2D eigenvalue weighted by Crippen LogP contribution is -2.52. The van der Waals surface area contributed by atoms with Crippen LogP contribution in [0.25, 0.3) is 32.9 Å². The molecule has 2 aliphatic heterocycles. The summed E-state index contributed by atoms with van der Waals surface area (Å²) >= 11 is 0. The number of aliphatic hydroxyl groups is 1. The van der Waals surface area contributed by atoms with Crippen molar-refractivity contribution in [3.8, 4) is 35.4 Å². The van der Waals surface area contributed by atoms with E-state index in [1.165, 1.54) is 30.5 Å². The molecule has 52 heavy (non-hydrogen) atoms. The molecule has 5 atom stereocenters. The third kappa shape index (κ3) is 5.89. The highest BCUT2D eigenvalue weighted by Crippen LogP contribution is 2.57. The van der Waals surface area contributed by atoms with E-state index in [9.17, 15) is 23.4 Å². The van der Waals surface area contributed by atoms with Crippen LogP contribution in [0.1, 0.15) is 51.5 Å². The number of aromatic nitrogens is 3. The molecule has 4 aliphatic rings. The maximum atomic E-state index is 17.0. The molecule has 13 heteroatoms. The summed E-state index contributed by atoms with van der Waals surface area (Å²) in [5.41, 5.74) is -1.89. The second-order valence-electron chi connectivity index (χ2n) is 15.4. The number of pyridine rings is 1. The molecule has 2 N–H and O–H groups in total. The van der Waals surface area contributed by atoms with Gasteiger partial charge in [-0.15, -0.1) is 6.42 Å². The van der Waals surface area contributed by atoms with Gasteiger partial charge >= 0.3 is 6.01 Å². The lowest BCUT2D eigenvalue weighted by Gasteiger charge is -2.46. The topological polar surface area (TPSA) is 104 Å². The van der Waals surface area contributed by atoms with Crippen molar-refractivity contribution < 1.29 is 37.2 Å². The zero-order valence-corrected chi connectivity index (χ0v) is 29.1. The van der Waals surface area contributed by atoms with Crippen molar-refractivity contribution in [2.24, 2.45) is 17.3 Å². The van der Waals surface area contributed by atoms with E-state index in [1.807, 2.05) is 0 Å². The number of nitrogens with zero attached hydrogens (tertiary/aromatic N) is 5. The number of rotatable bonds is 7. The van der Waals surface area contributed by atoms with Crippen LogP contribution in [0, 0.1) is 41.2 Å². The molecule has 2 saturated carbocycles. The number of anilines is 1. The molecule has 4 heterocycles. The first-order valence-corrected chi connectivity index (χ1v) is 17.9. The Hall–Kier alpha value is -4.25. The lowest BCUT2D eigenvalue weighted by molar-refractivity contribution is -0.0124. The minimum absolute atomic E-state index is 0.0694. The summed E-state index contributed by atoms with van der Waals surface area (Å²) in [6.07, 6.45) is 11.5. The van der Waals surface area contributed by atoms with E-state index in [2.05, 4.69) is 20.8 Å². The molecular weight excluding hydrogens is 678 g/mol. The summed E-state index contributed by atoms with van der Waals surface area (Å²) in [5, 5.41) is 22.5. The minimum atomic E-state index is -2.63. The highest BCUT2D eigenvalue weighted by Gasteiger charge is 2.66. The van der Waals surface area contributed by atoms with Crippen LogP contribution in [0.4, 0.5) is 23.4 Å². The van der Waals surface area contributed by atoms with E-state index >= 15 is 4.39 Å². The molecule has 2 aromatic heterocycles. The summed E-state index contributed by atoms with van der Waals surface area (Å²) in [6, 6.07) is 5.33. The Balaban J connectivity index is 1.21. The molecular formula is C39H41F4N5O4. The van der Waals surface area contributed by atoms with Gasteiger partial charge in [0.05, 0.1) is 37.3 Å². The van der Waals surface area contributed by atoms with Gasteiger partial charge in [-0.05, 0) is 62.7 Å². The molecule has 4 fully saturated rings. The van der Waals surface area contributed by atoms with Gasteiger partial charge in [-0.25, -0.2) is 17.6 Å². The molecule has 2 aromatic carbocycles. The van der Waals surface area contributed by atoms with Crippen LogP contribution >= 0.6 is 0 Å². The van der Waals surface area contributed by atoms with E-state index in [1.54, 1.807) is 18.7 Å². The Morgan fingerprint density at radius 3 is 2.69 bits per heavy atom. The number of ether oxygens (including phenoxy) is 2. The maximum absolute atomic E-state index is 17.0. The minimum Gasteiger partial charge on any atom is -0.508 e. The quantitative estimate of drug-likeness (QED) is 0.168. The highest BCUT2D eigenvalue weighted by molar-refractivity contribution is 6.03. The number of alkyl halides is 2. The number of phenolic OH excluding ortho intramolecular Hbond substituents is 1. The first kappa shape index (κ1) is 34.8. The van der Waals surface area contributed by atoms with Gasteiger partial charge in [0, 0.05) is 53.5 Å². The molecule has 8 rings (SSSR count). The predicted molar refractivity (Wildman–Crippen MR) is 187 cm³/mol. The van der Waals surface area contributed by atoms with Crippen LogP contribution < -0.4 is 9.64 Å². The van der Waals surface area contributed by atoms with Crippen molar-refractivity contribution in [3.05, 3.63) is 47.7 Å². The highest BCUT2D eigenvalue weighted by atomic mass is 19.3. The number of β-amino-alcohol motifs (C(OH)–C–C–N with tert-alkyl or cyclic N) is 1. The number of terminal acetylenes is 1. The Kier molecular flexibility index (Phi) is 8.51. The smallest absolute Gasteiger partial charge is 0.319 e. The standard InChI is InChI=1S/C39H41F4N5O4/c1-4-25-29(40)9-8-23-15-24(49)16-26(31(23)25)33-32(41)34-27(17-44-33)35(48-13-14-51-20-37(3,50)19-48)46-36(45-34)52-21-38-10-5-7-30(38)47(12-6-11-38)18-28-22(2)39(28,42)43/h1,8-9,15-17,22,28,30,49-50H,5-7,10-14,18-21H2,2-3H3/t22-,28?,30?,37+,38-/m1/s1. The number of piperidine rings is 1. The number of halogens is 4. The van der Waals surface area contributed by atoms with Gasteiger partial charge in [0.2, 0.25) is 0 Å². The largest absolute Gasteiger partial charge is 0.508 e. The number of aromatic hydroxyl groups is 1. The van der Waals surface area contributed by atoms with E-state index in [0.29, 0.717) is 18.5 Å². The molecule has 0 spiro atoms. The monoisotopic (exact) mass is 719 g/mol. The zero-order chi connectivity index (χ0) is 36.6. The molecule has 2 unspecified atom stereocenters. The van der Waals surface area contributed by atoms with Gasteiger partial charge in [0.25, 0.3) is 5.92 Å². The van der Waals surface area contributed by atoms with Crippen molar-refractivity contribution >= 4 is 27.5 Å². The number of hydrogen-bond donors (Lipinski definition) is 2. The van der Waals surface area contributed by atoms with Crippen molar-refractivity contribution in [1.82, 2.24) is 19.9 Å². The lowest BCUT2D eigenvalue weighted by atomic mass is 9.75. The number of likely N-dealkylation sites (tertiary alicyclic amines) is 1. The maximum Gasteiger partial charge on any atom is 0.319 e. The van der Waals surface area contributed by atoms with Crippen LogP contribution in [0.15, 0.2) is 30.5 Å². The second kappa shape index (κ2) is 12.7. The fourth-order valence-corrected chi connectivity index (χ4v) is 8.98. The normalized spacial score (nSPS) is 28.8. The van der Waals surface area contributed by atoms with Crippen LogP contribution in [-0.2, 0) is 4.74 Å². The van der Waals surface area contributed by atoms with Gasteiger partial charge < -0.3 is 24.6 Å². The van der Waals surface area contributed by atoms with Gasteiger partial charge in [-0.2, -0.15) is 9.97 Å². The number of benzene rings is 2. The molecule has 9 nitrogen and oxygen atoms in total. The summed E-state index contributed by atoms with van der Waals surface area (Å²) in [7, 11) is 0. The Morgan fingerprint density at radius 1 is 1.13 bits per heavy atom. The van der Waals surface area contributed by atoms with E-state index in [4.69, 9.17) is 20.9 Å². The van der Waals surface area contributed by atoms with Crippen LogP contribution in [0.2, 0.25) is 0 Å². The van der Waals surface area contributed by atoms with Gasteiger partial charge in [0.15, 0.2) is 5.82 Å². The predicted octanol–water partition coefficient (Wildman–Crippen LogP) is 6.31. The van der Waals surface area contributed by atoms with Crippen LogP contribution in [0.5, 0.6) is 11.8 Å². The summed E-state index contributed by atoms with van der Waals surface area (Å²) in [5.74, 6) is -2.99. The number of phenols is 1. The van der Waals surface area contributed by atoms with Crippen molar-refractivity contribution in [2.75, 3.05) is 50.9 Å². The van der Waals surface area contributed by atoms with E-state index < -0.39 is 35.0 Å². The van der Waals surface area contributed by atoms with E-state index in [0.717, 1.165) is 38.6 Å². The SMILES string of the molecule is C#Cc1c(F)ccc2cc(O)cc(-c3ncc4c(N5CCOC[C@@](C)(O)C5)nc(OC[C@]56CCCC5N(CC5[C@@H](C)C5(F)F)CCC6)nc4c3F)c12. The average molecular weight is 720 g/mol. The Morgan fingerprint density at radius 2 is 1.92 bits per heavy atom. The van der Waals surface area contributed by atoms with Crippen LogP contribution in [-0.4, -0.2) is 93.6 Å². The molecule has 0 radical (unpaired) electrons. The summed E-state index contributed by atoms with van der Waals surface area (Å²) in [4.78, 5) is 17.8. The average Bonchev–Trinajstić information content (AvgIpc) is 3.39. The zero-order valence-electron chi connectivity index (χ0n) is 29.1. The molecule has 0 bridgehead atoms. The fourth-order valence-electron chi connectivity index (χ4n) is 8.98. The van der Waals surface area contributed by atoms with Crippen LogP contribution in [0.3, 0.4) is 0 Å². The Labute approximate surface area is 299 Å². The summed E-state index contributed by atoms with van der Waals surface area (Å²) < 4.78 is 72.6. The van der Waals surface area contributed by atoms with E-state index in [-0.39, 0.29) is 88.5 Å². The Bertz CT molecular complexity index is 2110. The molecule has 2 saturated heterocycles.